The smallest absolute Gasteiger partial charge is 0.205 e. The number of aryl methyl sites for hydroxylation is 1. The van der Waals surface area contributed by atoms with Crippen molar-refractivity contribution in [1.29, 1.82) is 0 Å². The molecule has 1 aliphatic carbocycles. The van der Waals surface area contributed by atoms with Crippen molar-refractivity contribution in [2.45, 2.75) is 46.1 Å². The zero-order valence-electron chi connectivity index (χ0n) is 9.66. The van der Waals surface area contributed by atoms with Crippen LogP contribution in [0.25, 0.3) is 0 Å². The lowest BCUT2D eigenvalue weighted by Gasteiger charge is -2.20. The Balaban J connectivity index is 1.96. The predicted molar refractivity (Wildman–Crippen MR) is 64.2 cm³/mol. The summed E-state index contributed by atoms with van der Waals surface area (Å²) >= 11 is 1.65. The molecule has 1 fully saturated rings. The summed E-state index contributed by atoms with van der Waals surface area (Å²) < 4.78 is 0. The topological polar surface area (TPSA) is 37.8 Å². The molecule has 1 aromatic heterocycles. The third-order valence-electron chi connectivity index (χ3n) is 3.59. The molecule has 0 aliphatic heterocycles. The molecule has 1 heterocycles. The van der Waals surface area contributed by atoms with E-state index in [2.05, 4.69) is 29.4 Å². The van der Waals surface area contributed by atoms with Crippen LogP contribution < -0.4 is 5.32 Å². The highest BCUT2D eigenvalue weighted by atomic mass is 32.1. The predicted octanol–water partition coefficient (Wildman–Crippen LogP) is 3.08. The minimum Gasteiger partial charge on any atom is -0.357 e. The molecule has 1 saturated carbocycles. The fourth-order valence-corrected chi connectivity index (χ4v) is 3.19. The van der Waals surface area contributed by atoms with Crippen LogP contribution in [0.3, 0.4) is 0 Å². The molecule has 3 nitrogen and oxygen atoms in total. The lowest BCUT2D eigenvalue weighted by molar-refractivity contribution is 0.392. The van der Waals surface area contributed by atoms with Gasteiger partial charge in [0.2, 0.25) is 5.13 Å². The van der Waals surface area contributed by atoms with E-state index in [0.29, 0.717) is 6.04 Å². The van der Waals surface area contributed by atoms with Gasteiger partial charge in [0.1, 0.15) is 5.01 Å². The van der Waals surface area contributed by atoms with Crippen molar-refractivity contribution >= 4 is 16.5 Å². The van der Waals surface area contributed by atoms with Gasteiger partial charge < -0.3 is 5.32 Å². The van der Waals surface area contributed by atoms with Crippen molar-refractivity contribution in [1.82, 2.24) is 10.2 Å². The molecule has 0 amide bonds. The molecular formula is C11H19N3S. The number of rotatable bonds is 3. The molecule has 0 spiro atoms. The van der Waals surface area contributed by atoms with Crippen LogP contribution in [0.5, 0.6) is 0 Å². The first kappa shape index (κ1) is 10.9. The van der Waals surface area contributed by atoms with Gasteiger partial charge in [0.05, 0.1) is 0 Å². The summed E-state index contributed by atoms with van der Waals surface area (Å²) in [4.78, 5) is 0. The van der Waals surface area contributed by atoms with Gasteiger partial charge >= 0.3 is 0 Å². The Hall–Kier alpha value is -0.640. The molecule has 1 aromatic rings. The Morgan fingerprint density at radius 1 is 1.40 bits per heavy atom. The van der Waals surface area contributed by atoms with E-state index >= 15 is 0 Å². The minimum absolute atomic E-state index is 0.599. The van der Waals surface area contributed by atoms with Crippen LogP contribution in [-0.2, 0) is 0 Å². The second-order valence-corrected chi connectivity index (χ2v) is 5.66. The maximum Gasteiger partial charge on any atom is 0.205 e. The first-order valence-corrected chi connectivity index (χ1v) is 6.59. The summed E-state index contributed by atoms with van der Waals surface area (Å²) in [5.41, 5.74) is 0. The molecule has 1 N–H and O–H groups in total. The van der Waals surface area contributed by atoms with Crippen LogP contribution in [0.2, 0.25) is 0 Å². The number of nitrogens with one attached hydrogen (secondary N) is 1. The summed E-state index contributed by atoms with van der Waals surface area (Å²) in [6.45, 7) is 6.64. The highest BCUT2D eigenvalue weighted by Crippen LogP contribution is 2.35. The van der Waals surface area contributed by atoms with Crippen molar-refractivity contribution in [3.63, 3.8) is 0 Å². The SMILES string of the molecule is CCC1CCC(Nc2nnc(C)s2)C1C. The number of aromatic nitrogens is 2. The average molecular weight is 225 g/mol. The van der Waals surface area contributed by atoms with Gasteiger partial charge in [-0.15, -0.1) is 10.2 Å². The number of hydrogen-bond donors (Lipinski definition) is 1. The van der Waals surface area contributed by atoms with E-state index in [9.17, 15) is 0 Å². The largest absolute Gasteiger partial charge is 0.357 e. The maximum absolute atomic E-state index is 4.12. The number of anilines is 1. The molecule has 0 aromatic carbocycles. The van der Waals surface area contributed by atoms with E-state index in [1.54, 1.807) is 11.3 Å². The molecule has 4 heteroatoms. The van der Waals surface area contributed by atoms with Crippen LogP contribution in [-0.4, -0.2) is 16.2 Å². The van der Waals surface area contributed by atoms with Gasteiger partial charge in [-0.05, 0) is 31.6 Å². The molecule has 84 valence electrons. The Morgan fingerprint density at radius 3 is 2.73 bits per heavy atom. The second kappa shape index (κ2) is 4.47. The van der Waals surface area contributed by atoms with Gasteiger partial charge in [0.15, 0.2) is 0 Å². The first-order valence-electron chi connectivity index (χ1n) is 5.77. The Labute approximate surface area is 95.3 Å². The normalized spacial score (nSPS) is 30.7. The zero-order chi connectivity index (χ0) is 10.8. The molecule has 0 saturated heterocycles. The first-order chi connectivity index (χ1) is 7.20. The quantitative estimate of drug-likeness (QED) is 0.859. The zero-order valence-corrected chi connectivity index (χ0v) is 10.5. The van der Waals surface area contributed by atoms with Crippen molar-refractivity contribution in [3.05, 3.63) is 5.01 Å². The lowest BCUT2D eigenvalue weighted by atomic mass is 9.94. The van der Waals surface area contributed by atoms with Crippen LogP contribution in [0.15, 0.2) is 0 Å². The van der Waals surface area contributed by atoms with E-state index in [4.69, 9.17) is 0 Å². The molecular weight excluding hydrogens is 206 g/mol. The standard InChI is InChI=1S/C11H19N3S/c1-4-9-5-6-10(7(9)2)12-11-14-13-8(3)15-11/h7,9-10H,4-6H2,1-3H3,(H,12,14). The second-order valence-electron chi connectivity index (χ2n) is 4.48. The van der Waals surface area contributed by atoms with Gasteiger partial charge in [-0.3, -0.25) is 0 Å². The van der Waals surface area contributed by atoms with Crippen LogP contribution in [0.1, 0.15) is 38.1 Å². The highest BCUT2D eigenvalue weighted by molar-refractivity contribution is 7.15. The average Bonchev–Trinajstić information content (AvgIpc) is 2.76. The maximum atomic E-state index is 4.12. The van der Waals surface area contributed by atoms with E-state index in [0.717, 1.165) is 22.0 Å². The summed E-state index contributed by atoms with van der Waals surface area (Å²) in [6.07, 6.45) is 3.93. The summed E-state index contributed by atoms with van der Waals surface area (Å²) in [5.74, 6) is 1.65. The summed E-state index contributed by atoms with van der Waals surface area (Å²) in [7, 11) is 0. The van der Waals surface area contributed by atoms with Crippen LogP contribution >= 0.6 is 11.3 Å². The van der Waals surface area contributed by atoms with E-state index in [1.165, 1.54) is 19.3 Å². The van der Waals surface area contributed by atoms with E-state index < -0.39 is 0 Å². The molecule has 1 aliphatic rings. The summed E-state index contributed by atoms with van der Waals surface area (Å²) in [6, 6.07) is 0.599. The van der Waals surface area contributed by atoms with Gasteiger partial charge in [-0.25, -0.2) is 0 Å². The number of hydrogen-bond acceptors (Lipinski definition) is 4. The van der Waals surface area contributed by atoms with Crippen LogP contribution in [0.4, 0.5) is 5.13 Å². The third kappa shape index (κ3) is 2.30. The lowest BCUT2D eigenvalue weighted by Crippen LogP contribution is -2.24. The highest BCUT2D eigenvalue weighted by Gasteiger charge is 2.31. The fraction of sp³-hybridized carbons (Fsp3) is 0.818. The third-order valence-corrected chi connectivity index (χ3v) is 4.36. The van der Waals surface area contributed by atoms with E-state index in [1.807, 2.05) is 6.92 Å². The molecule has 3 unspecified atom stereocenters. The molecule has 3 atom stereocenters. The Bertz CT molecular complexity index is 323. The van der Waals surface area contributed by atoms with Crippen molar-refractivity contribution < 1.29 is 0 Å². The molecule has 0 bridgehead atoms. The molecule has 2 rings (SSSR count). The van der Waals surface area contributed by atoms with E-state index in [-0.39, 0.29) is 0 Å². The minimum atomic E-state index is 0.599. The van der Waals surface area contributed by atoms with Crippen LogP contribution in [0, 0.1) is 18.8 Å². The molecule has 0 radical (unpaired) electrons. The van der Waals surface area contributed by atoms with Gasteiger partial charge in [0.25, 0.3) is 0 Å². The Kier molecular flexibility index (Phi) is 3.24. The Morgan fingerprint density at radius 2 is 2.20 bits per heavy atom. The number of nitrogens with zero attached hydrogens (tertiary/aromatic N) is 2. The van der Waals surface area contributed by atoms with Gasteiger partial charge in [0, 0.05) is 6.04 Å². The van der Waals surface area contributed by atoms with Crippen molar-refractivity contribution in [2.75, 3.05) is 5.32 Å². The fourth-order valence-electron chi connectivity index (χ4n) is 2.54. The van der Waals surface area contributed by atoms with Crippen molar-refractivity contribution in [2.24, 2.45) is 11.8 Å². The van der Waals surface area contributed by atoms with Gasteiger partial charge in [-0.2, -0.15) is 0 Å². The molecule has 15 heavy (non-hydrogen) atoms. The monoisotopic (exact) mass is 225 g/mol. The van der Waals surface area contributed by atoms with Gasteiger partial charge in [-0.1, -0.05) is 31.6 Å². The summed E-state index contributed by atoms with van der Waals surface area (Å²) in [5, 5.41) is 13.7. The van der Waals surface area contributed by atoms with Crippen molar-refractivity contribution in [3.8, 4) is 0 Å².